The molecule has 4 heteroatoms. The average molecular weight is 211 g/mol. The number of carbonyl (C=O) groups is 2. The fourth-order valence-corrected chi connectivity index (χ4v) is 1.73. The molecule has 0 N–H and O–H groups in total. The van der Waals surface area contributed by atoms with Gasteiger partial charge >= 0.3 is 0 Å². The van der Waals surface area contributed by atoms with E-state index in [4.69, 9.17) is 4.74 Å². The zero-order valence-electron chi connectivity index (χ0n) is 8.91. The number of amides is 1. The van der Waals surface area contributed by atoms with E-state index in [1.807, 2.05) is 0 Å². The Balaban J connectivity index is 1.53. The lowest BCUT2D eigenvalue weighted by Crippen LogP contribution is -2.27. The van der Waals surface area contributed by atoms with Gasteiger partial charge in [-0.15, -0.1) is 0 Å². The zero-order valence-corrected chi connectivity index (χ0v) is 8.91. The van der Waals surface area contributed by atoms with Gasteiger partial charge in [-0.1, -0.05) is 0 Å². The normalized spacial score (nSPS) is 21.5. The standard InChI is InChI=1S/C11H17NO3/c13-10-6-11(14)12(7-10)4-1-5-15-8-9-2-3-9/h9H,1-8H2. The van der Waals surface area contributed by atoms with Crippen molar-refractivity contribution in [2.24, 2.45) is 5.92 Å². The van der Waals surface area contributed by atoms with Crippen molar-refractivity contribution in [1.82, 2.24) is 4.90 Å². The van der Waals surface area contributed by atoms with E-state index in [1.165, 1.54) is 12.8 Å². The Kier molecular flexibility index (Phi) is 3.36. The van der Waals surface area contributed by atoms with Crippen LogP contribution in [0.15, 0.2) is 0 Å². The number of ketones is 1. The van der Waals surface area contributed by atoms with E-state index in [1.54, 1.807) is 4.90 Å². The summed E-state index contributed by atoms with van der Waals surface area (Å²) in [6, 6.07) is 0. The van der Waals surface area contributed by atoms with Crippen molar-refractivity contribution in [3.63, 3.8) is 0 Å². The minimum absolute atomic E-state index is 0.0257. The number of ether oxygens (including phenoxy) is 1. The maximum atomic E-state index is 11.2. The summed E-state index contributed by atoms with van der Waals surface area (Å²) >= 11 is 0. The van der Waals surface area contributed by atoms with E-state index < -0.39 is 0 Å². The van der Waals surface area contributed by atoms with Gasteiger partial charge in [0.2, 0.25) is 5.91 Å². The van der Waals surface area contributed by atoms with Crippen LogP contribution in [-0.4, -0.2) is 42.9 Å². The van der Waals surface area contributed by atoms with Gasteiger partial charge in [-0.2, -0.15) is 0 Å². The van der Waals surface area contributed by atoms with Crippen LogP contribution in [0.3, 0.4) is 0 Å². The van der Waals surface area contributed by atoms with E-state index >= 15 is 0 Å². The Hall–Kier alpha value is -0.900. The van der Waals surface area contributed by atoms with E-state index in [9.17, 15) is 9.59 Å². The van der Waals surface area contributed by atoms with Crippen molar-refractivity contribution in [3.05, 3.63) is 0 Å². The lowest BCUT2D eigenvalue weighted by Gasteiger charge is -2.13. The molecule has 1 aliphatic heterocycles. The molecule has 0 bridgehead atoms. The highest BCUT2D eigenvalue weighted by molar-refractivity contribution is 6.05. The predicted molar refractivity (Wildman–Crippen MR) is 54.4 cm³/mol. The summed E-state index contributed by atoms with van der Waals surface area (Å²) in [6.07, 6.45) is 3.55. The molecular formula is C11H17NO3. The fraction of sp³-hybridized carbons (Fsp3) is 0.818. The SMILES string of the molecule is O=C1CC(=O)N(CCCOCC2CC2)C1. The highest BCUT2D eigenvalue weighted by Crippen LogP contribution is 2.28. The number of nitrogens with zero attached hydrogens (tertiary/aromatic N) is 1. The molecule has 1 saturated carbocycles. The third-order valence-corrected chi connectivity index (χ3v) is 2.84. The van der Waals surface area contributed by atoms with E-state index in [0.29, 0.717) is 19.7 Å². The summed E-state index contributed by atoms with van der Waals surface area (Å²) in [6.45, 7) is 2.54. The molecule has 15 heavy (non-hydrogen) atoms. The van der Waals surface area contributed by atoms with Crippen LogP contribution in [0.5, 0.6) is 0 Å². The van der Waals surface area contributed by atoms with Crippen LogP contribution in [0.4, 0.5) is 0 Å². The summed E-state index contributed by atoms with van der Waals surface area (Å²) in [4.78, 5) is 23.8. The maximum absolute atomic E-state index is 11.2. The Morgan fingerprint density at radius 3 is 2.73 bits per heavy atom. The Morgan fingerprint density at radius 1 is 1.33 bits per heavy atom. The van der Waals surface area contributed by atoms with Gasteiger partial charge in [0, 0.05) is 19.8 Å². The molecule has 1 amide bonds. The third-order valence-electron chi connectivity index (χ3n) is 2.84. The molecule has 2 fully saturated rings. The molecule has 0 aromatic carbocycles. The monoisotopic (exact) mass is 211 g/mol. The average Bonchev–Trinajstić information content (AvgIpc) is 2.94. The van der Waals surface area contributed by atoms with Crippen molar-refractivity contribution in [2.75, 3.05) is 26.3 Å². The molecule has 0 spiro atoms. The first kappa shape index (κ1) is 10.6. The third kappa shape index (κ3) is 3.30. The molecule has 1 saturated heterocycles. The summed E-state index contributed by atoms with van der Waals surface area (Å²) in [5.41, 5.74) is 0. The number of hydrogen-bond donors (Lipinski definition) is 0. The smallest absolute Gasteiger partial charge is 0.230 e. The second kappa shape index (κ2) is 4.75. The molecule has 1 aliphatic carbocycles. The summed E-state index contributed by atoms with van der Waals surface area (Å²) in [5, 5.41) is 0. The topological polar surface area (TPSA) is 46.6 Å². The molecule has 0 radical (unpaired) electrons. The number of likely N-dealkylation sites (tertiary alicyclic amines) is 1. The second-order valence-electron chi connectivity index (χ2n) is 4.40. The quantitative estimate of drug-likeness (QED) is 0.477. The van der Waals surface area contributed by atoms with E-state index in [-0.39, 0.29) is 18.1 Å². The molecule has 0 atom stereocenters. The Labute approximate surface area is 89.6 Å². The molecule has 0 unspecified atom stereocenters. The van der Waals surface area contributed by atoms with Gasteiger partial charge in [-0.05, 0) is 25.2 Å². The summed E-state index contributed by atoms with van der Waals surface area (Å²) in [7, 11) is 0. The van der Waals surface area contributed by atoms with Crippen molar-refractivity contribution in [2.45, 2.75) is 25.7 Å². The van der Waals surface area contributed by atoms with Gasteiger partial charge < -0.3 is 9.64 Å². The van der Waals surface area contributed by atoms with Crippen LogP contribution < -0.4 is 0 Å². The zero-order chi connectivity index (χ0) is 10.7. The molecule has 0 aromatic rings. The fourth-order valence-electron chi connectivity index (χ4n) is 1.73. The van der Waals surface area contributed by atoms with Crippen molar-refractivity contribution >= 4 is 11.7 Å². The van der Waals surface area contributed by atoms with Crippen LogP contribution in [0, 0.1) is 5.92 Å². The van der Waals surface area contributed by atoms with Crippen molar-refractivity contribution < 1.29 is 14.3 Å². The van der Waals surface area contributed by atoms with Crippen LogP contribution >= 0.6 is 0 Å². The number of rotatable bonds is 6. The van der Waals surface area contributed by atoms with E-state index in [2.05, 4.69) is 0 Å². The Morgan fingerprint density at radius 2 is 2.13 bits per heavy atom. The lowest BCUT2D eigenvalue weighted by atomic mass is 10.3. The van der Waals surface area contributed by atoms with Crippen LogP contribution in [-0.2, 0) is 14.3 Å². The molecule has 1 heterocycles. The minimum Gasteiger partial charge on any atom is -0.381 e. The van der Waals surface area contributed by atoms with Gasteiger partial charge in [0.05, 0.1) is 13.0 Å². The van der Waals surface area contributed by atoms with Gasteiger partial charge in [0.15, 0.2) is 5.78 Å². The first-order valence-electron chi connectivity index (χ1n) is 5.63. The number of hydrogen-bond acceptors (Lipinski definition) is 3. The minimum atomic E-state index is -0.0257. The van der Waals surface area contributed by atoms with Gasteiger partial charge in [0.25, 0.3) is 0 Å². The number of carbonyl (C=O) groups excluding carboxylic acids is 2. The van der Waals surface area contributed by atoms with Crippen molar-refractivity contribution in [1.29, 1.82) is 0 Å². The van der Waals surface area contributed by atoms with Crippen LogP contribution in [0.1, 0.15) is 25.7 Å². The van der Waals surface area contributed by atoms with Gasteiger partial charge in [-0.25, -0.2) is 0 Å². The second-order valence-corrected chi connectivity index (χ2v) is 4.40. The number of Topliss-reactive ketones (excluding diaryl/α,β-unsaturated/α-hetero) is 1. The molecule has 4 nitrogen and oxygen atoms in total. The highest BCUT2D eigenvalue weighted by atomic mass is 16.5. The lowest BCUT2D eigenvalue weighted by molar-refractivity contribution is -0.128. The van der Waals surface area contributed by atoms with Crippen LogP contribution in [0.25, 0.3) is 0 Å². The van der Waals surface area contributed by atoms with Crippen molar-refractivity contribution in [3.8, 4) is 0 Å². The van der Waals surface area contributed by atoms with Gasteiger partial charge in [0.1, 0.15) is 0 Å². The molecule has 2 rings (SSSR count). The molecular weight excluding hydrogens is 194 g/mol. The molecule has 84 valence electrons. The maximum Gasteiger partial charge on any atom is 0.230 e. The van der Waals surface area contributed by atoms with E-state index in [0.717, 1.165) is 18.9 Å². The van der Waals surface area contributed by atoms with Gasteiger partial charge in [-0.3, -0.25) is 9.59 Å². The summed E-state index contributed by atoms with van der Waals surface area (Å²) in [5.74, 6) is 0.807. The predicted octanol–water partition coefficient (Wildman–Crippen LogP) is 0.604. The first-order chi connectivity index (χ1) is 7.25. The molecule has 2 aliphatic rings. The first-order valence-corrected chi connectivity index (χ1v) is 5.63. The summed E-state index contributed by atoms with van der Waals surface area (Å²) < 4.78 is 5.46. The molecule has 0 aromatic heterocycles. The Bertz CT molecular complexity index is 261. The van der Waals surface area contributed by atoms with Crippen LogP contribution in [0.2, 0.25) is 0 Å². The largest absolute Gasteiger partial charge is 0.381 e. The highest BCUT2D eigenvalue weighted by Gasteiger charge is 2.26.